The highest BCUT2D eigenvalue weighted by atomic mass is 19.1. The van der Waals surface area contributed by atoms with Crippen molar-refractivity contribution >= 4 is 22.3 Å². The Kier molecular flexibility index (Phi) is 4.51. The van der Waals surface area contributed by atoms with Crippen molar-refractivity contribution in [1.29, 1.82) is 0 Å². The van der Waals surface area contributed by atoms with Crippen molar-refractivity contribution < 1.29 is 13.2 Å². The summed E-state index contributed by atoms with van der Waals surface area (Å²) in [6.45, 7) is 3.90. The molecule has 0 spiro atoms. The number of likely N-dealkylation sites (N-methyl/N-ethyl adjacent to an activating group) is 1. The molecule has 0 N–H and O–H groups in total. The first kappa shape index (κ1) is 18.7. The maximum atomic E-state index is 14.0. The highest BCUT2D eigenvalue weighted by molar-refractivity contribution is 5.84. The van der Waals surface area contributed by atoms with E-state index in [0.717, 1.165) is 55.9 Å². The van der Waals surface area contributed by atoms with Crippen LogP contribution in [0.5, 0.6) is 0 Å². The number of anilines is 1. The van der Waals surface area contributed by atoms with E-state index in [1.807, 2.05) is 18.2 Å². The van der Waals surface area contributed by atoms with E-state index in [-0.39, 0.29) is 16.9 Å². The lowest BCUT2D eigenvalue weighted by Gasteiger charge is -2.22. The molecule has 1 aliphatic heterocycles. The Hall–Kier alpha value is -3.26. The first-order valence-corrected chi connectivity index (χ1v) is 9.83. The molecule has 1 saturated heterocycles. The molecule has 1 fully saturated rings. The lowest BCUT2D eigenvalue weighted by molar-refractivity contribution is 0.360. The van der Waals surface area contributed by atoms with E-state index < -0.39 is 17.3 Å². The fraction of sp³-hybridized carbons (Fsp3) is 0.273. The highest BCUT2D eigenvalue weighted by Crippen LogP contribution is 2.26. The fourth-order valence-electron chi connectivity index (χ4n) is 3.93. The summed E-state index contributed by atoms with van der Waals surface area (Å²) in [5, 5.41) is 0.740. The van der Waals surface area contributed by atoms with Crippen molar-refractivity contribution in [2.45, 2.75) is 6.42 Å². The van der Waals surface area contributed by atoms with E-state index in [1.165, 1.54) is 10.6 Å². The van der Waals surface area contributed by atoms with Crippen molar-refractivity contribution in [2.75, 3.05) is 38.1 Å². The number of benzene rings is 1. The molecule has 6 nitrogen and oxygen atoms in total. The molecular weight excluding hydrogens is 390 g/mol. The van der Waals surface area contributed by atoms with Gasteiger partial charge in [0.05, 0.1) is 11.3 Å². The van der Waals surface area contributed by atoms with E-state index in [9.17, 15) is 13.6 Å². The SMILES string of the molecule is CN1CCCN(c2ccc3cc(-c4cn5cc(F)cc(F)c5n4)c(=O)oc3c2)CC1. The molecule has 0 radical (unpaired) electrons. The third kappa shape index (κ3) is 3.33. The van der Waals surface area contributed by atoms with Gasteiger partial charge in [0.2, 0.25) is 0 Å². The fourth-order valence-corrected chi connectivity index (χ4v) is 3.93. The Bertz CT molecular complexity index is 1310. The normalized spacial score (nSPS) is 15.8. The van der Waals surface area contributed by atoms with Crippen LogP contribution in [-0.2, 0) is 0 Å². The maximum Gasteiger partial charge on any atom is 0.345 e. The monoisotopic (exact) mass is 410 g/mol. The van der Waals surface area contributed by atoms with Gasteiger partial charge >= 0.3 is 5.63 Å². The van der Waals surface area contributed by atoms with Gasteiger partial charge in [-0.15, -0.1) is 0 Å². The summed E-state index contributed by atoms with van der Waals surface area (Å²) < 4.78 is 34.2. The van der Waals surface area contributed by atoms with E-state index in [2.05, 4.69) is 21.8 Å². The van der Waals surface area contributed by atoms with E-state index in [4.69, 9.17) is 4.42 Å². The van der Waals surface area contributed by atoms with Gasteiger partial charge in [-0.1, -0.05) is 0 Å². The van der Waals surface area contributed by atoms with Gasteiger partial charge in [-0.2, -0.15) is 0 Å². The average molecular weight is 410 g/mol. The van der Waals surface area contributed by atoms with Gasteiger partial charge in [0.1, 0.15) is 11.4 Å². The molecule has 0 saturated carbocycles. The quantitative estimate of drug-likeness (QED) is 0.473. The molecule has 0 aliphatic carbocycles. The van der Waals surface area contributed by atoms with Crippen molar-refractivity contribution in [2.24, 2.45) is 0 Å². The van der Waals surface area contributed by atoms with Crippen LogP contribution in [0.15, 0.2) is 51.9 Å². The van der Waals surface area contributed by atoms with Crippen LogP contribution >= 0.6 is 0 Å². The lowest BCUT2D eigenvalue weighted by Crippen LogP contribution is -2.28. The number of aromatic nitrogens is 2. The number of hydrogen-bond donors (Lipinski definition) is 0. The van der Waals surface area contributed by atoms with Crippen molar-refractivity contribution in [3.05, 3.63) is 64.8 Å². The van der Waals surface area contributed by atoms with Crippen LogP contribution in [0.4, 0.5) is 14.5 Å². The second-order valence-corrected chi connectivity index (χ2v) is 7.68. The zero-order valence-corrected chi connectivity index (χ0v) is 16.4. The Morgan fingerprint density at radius 3 is 2.77 bits per heavy atom. The zero-order valence-electron chi connectivity index (χ0n) is 16.4. The Morgan fingerprint density at radius 1 is 1.03 bits per heavy atom. The molecule has 0 bridgehead atoms. The topological polar surface area (TPSA) is 54.0 Å². The van der Waals surface area contributed by atoms with Crippen LogP contribution in [0.2, 0.25) is 0 Å². The number of hydrogen-bond acceptors (Lipinski definition) is 5. The number of nitrogens with zero attached hydrogens (tertiary/aromatic N) is 4. The summed E-state index contributed by atoms with van der Waals surface area (Å²) >= 11 is 0. The average Bonchev–Trinajstić information content (AvgIpc) is 3.01. The molecule has 30 heavy (non-hydrogen) atoms. The second-order valence-electron chi connectivity index (χ2n) is 7.68. The third-order valence-electron chi connectivity index (χ3n) is 5.55. The summed E-state index contributed by atoms with van der Waals surface area (Å²) in [7, 11) is 2.12. The number of imidazole rings is 1. The molecule has 3 aromatic heterocycles. The Morgan fingerprint density at radius 2 is 1.90 bits per heavy atom. The smallest absolute Gasteiger partial charge is 0.345 e. The zero-order chi connectivity index (χ0) is 20.8. The first-order chi connectivity index (χ1) is 14.5. The van der Waals surface area contributed by atoms with Gasteiger partial charge < -0.3 is 18.6 Å². The molecule has 1 aromatic carbocycles. The maximum absolute atomic E-state index is 14.0. The van der Waals surface area contributed by atoms with Crippen LogP contribution in [-0.4, -0.2) is 47.5 Å². The number of pyridine rings is 1. The molecule has 5 rings (SSSR count). The summed E-state index contributed by atoms with van der Waals surface area (Å²) in [6.07, 6.45) is 3.60. The largest absolute Gasteiger partial charge is 0.422 e. The van der Waals surface area contributed by atoms with Gasteiger partial charge in [-0.05, 0) is 38.2 Å². The van der Waals surface area contributed by atoms with Crippen LogP contribution in [0.3, 0.4) is 0 Å². The molecule has 0 unspecified atom stereocenters. The number of rotatable bonds is 2. The molecule has 8 heteroatoms. The van der Waals surface area contributed by atoms with Crippen molar-refractivity contribution in [3.8, 4) is 11.3 Å². The lowest BCUT2D eigenvalue weighted by atomic mass is 10.1. The molecule has 4 heterocycles. The van der Waals surface area contributed by atoms with Gasteiger partial charge in [0.15, 0.2) is 11.5 Å². The molecule has 4 aromatic rings. The molecule has 154 valence electrons. The third-order valence-corrected chi connectivity index (χ3v) is 5.55. The minimum absolute atomic E-state index is 0.0487. The Labute approximate surface area is 171 Å². The van der Waals surface area contributed by atoms with E-state index in [0.29, 0.717) is 5.58 Å². The van der Waals surface area contributed by atoms with Crippen molar-refractivity contribution in [3.63, 3.8) is 0 Å². The van der Waals surface area contributed by atoms with Crippen molar-refractivity contribution in [1.82, 2.24) is 14.3 Å². The second kappa shape index (κ2) is 7.21. The predicted octanol–water partition coefficient (Wildman–Crippen LogP) is 3.53. The van der Waals surface area contributed by atoms with E-state index >= 15 is 0 Å². The van der Waals surface area contributed by atoms with E-state index in [1.54, 1.807) is 6.07 Å². The summed E-state index contributed by atoms with van der Waals surface area (Å²) in [6, 6.07) is 8.23. The van der Waals surface area contributed by atoms with Gasteiger partial charge in [0, 0.05) is 55.2 Å². The minimum Gasteiger partial charge on any atom is -0.422 e. The first-order valence-electron chi connectivity index (χ1n) is 9.83. The molecule has 1 aliphatic rings. The minimum atomic E-state index is -0.792. The summed E-state index contributed by atoms with van der Waals surface area (Å²) in [5.41, 5.74) is 1.32. The van der Waals surface area contributed by atoms with Crippen LogP contribution in [0.1, 0.15) is 6.42 Å². The van der Waals surface area contributed by atoms with Crippen LogP contribution < -0.4 is 10.5 Å². The standard InChI is InChI=1S/C22H20F2N4O2/c1-26-5-2-6-27(8-7-26)16-4-3-14-9-17(22(29)30-20(14)11-16)19-13-28-12-15(23)10-18(24)21(28)25-19/h3-4,9-13H,2,5-8H2,1H3. The number of halogens is 2. The van der Waals surface area contributed by atoms with Crippen LogP contribution in [0.25, 0.3) is 27.9 Å². The van der Waals surface area contributed by atoms with Crippen LogP contribution in [0, 0.1) is 11.6 Å². The molecule has 0 amide bonds. The Balaban J connectivity index is 1.54. The van der Waals surface area contributed by atoms with Gasteiger partial charge in [-0.25, -0.2) is 18.6 Å². The highest BCUT2D eigenvalue weighted by Gasteiger charge is 2.17. The van der Waals surface area contributed by atoms with Gasteiger partial charge in [-0.3, -0.25) is 0 Å². The van der Waals surface area contributed by atoms with Gasteiger partial charge in [0.25, 0.3) is 0 Å². The summed E-state index contributed by atoms with van der Waals surface area (Å²) in [4.78, 5) is 21.4. The predicted molar refractivity (Wildman–Crippen MR) is 111 cm³/mol. The molecule has 0 atom stereocenters. The summed E-state index contributed by atoms with van der Waals surface area (Å²) in [5.74, 6) is -1.51. The number of fused-ring (bicyclic) bond motifs is 2. The molecular formula is C22H20F2N4O2.